The maximum absolute atomic E-state index is 13.7. The average Bonchev–Trinajstić information content (AvgIpc) is 2.61. The quantitative estimate of drug-likeness (QED) is 0.928. The highest BCUT2D eigenvalue weighted by Gasteiger charge is 2.22. The Morgan fingerprint density at radius 3 is 2.81 bits per heavy atom. The fourth-order valence-electron chi connectivity index (χ4n) is 2.72. The molecule has 1 atom stereocenters. The van der Waals surface area contributed by atoms with E-state index in [-0.39, 0.29) is 11.5 Å². The van der Waals surface area contributed by atoms with Crippen LogP contribution in [0.3, 0.4) is 0 Å². The molecular formula is C16H20FNO3. The van der Waals surface area contributed by atoms with Crippen LogP contribution in [0.15, 0.2) is 18.2 Å². The molecule has 0 spiro atoms. The molecule has 1 heterocycles. The minimum Gasteiger partial charge on any atom is -0.478 e. The minimum absolute atomic E-state index is 0.0914. The number of rotatable bonds is 4. The molecular weight excluding hydrogens is 273 g/mol. The molecule has 0 saturated carbocycles. The Balaban J connectivity index is 2.08. The Labute approximate surface area is 123 Å². The first-order valence-electron chi connectivity index (χ1n) is 7.30. The molecule has 0 bridgehead atoms. The highest BCUT2D eigenvalue weighted by atomic mass is 19.1. The topological polar surface area (TPSA) is 57.6 Å². The van der Waals surface area contributed by atoms with Gasteiger partial charge in [-0.05, 0) is 36.5 Å². The van der Waals surface area contributed by atoms with Crippen molar-refractivity contribution in [2.24, 2.45) is 5.92 Å². The summed E-state index contributed by atoms with van der Waals surface area (Å²) in [5.74, 6) is -1.37. The van der Waals surface area contributed by atoms with Crippen LogP contribution >= 0.6 is 0 Å². The second-order valence-corrected chi connectivity index (χ2v) is 5.54. The van der Waals surface area contributed by atoms with E-state index in [9.17, 15) is 14.0 Å². The van der Waals surface area contributed by atoms with Gasteiger partial charge in [-0.2, -0.15) is 0 Å². The number of benzene rings is 1. The van der Waals surface area contributed by atoms with Gasteiger partial charge in [-0.15, -0.1) is 0 Å². The first-order chi connectivity index (χ1) is 10.0. The van der Waals surface area contributed by atoms with Crippen molar-refractivity contribution in [3.63, 3.8) is 0 Å². The van der Waals surface area contributed by atoms with Crippen LogP contribution in [0.1, 0.15) is 48.5 Å². The second-order valence-electron chi connectivity index (χ2n) is 5.54. The summed E-state index contributed by atoms with van der Waals surface area (Å²) < 4.78 is 13.7. The zero-order valence-corrected chi connectivity index (χ0v) is 12.1. The lowest BCUT2D eigenvalue weighted by Gasteiger charge is -2.21. The molecule has 1 saturated heterocycles. The number of hydrogen-bond donors (Lipinski definition) is 1. The first kappa shape index (κ1) is 15.5. The zero-order valence-electron chi connectivity index (χ0n) is 12.1. The van der Waals surface area contributed by atoms with E-state index in [1.165, 1.54) is 12.1 Å². The molecule has 1 fully saturated rings. The number of aromatic carboxylic acids is 1. The van der Waals surface area contributed by atoms with Gasteiger partial charge in [-0.3, -0.25) is 4.79 Å². The largest absolute Gasteiger partial charge is 0.478 e. The van der Waals surface area contributed by atoms with Gasteiger partial charge in [0.05, 0.1) is 5.56 Å². The van der Waals surface area contributed by atoms with Crippen molar-refractivity contribution in [1.82, 2.24) is 4.90 Å². The first-order valence-corrected chi connectivity index (χ1v) is 7.30. The molecule has 1 aromatic carbocycles. The number of halogens is 1. The maximum Gasteiger partial charge on any atom is 0.338 e. The van der Waals surface area contributed by atoms with Crippen LogP contribution in [0.4, 0.5) is 4.39 Å². The highest BCUT2D eigenvalue weighted by Crippen LogP contribution is 2.22. The molecule has 0 aromatic heterocycles. The lowest BCUT2D eigenvalue weighted by Crippen LogP contribution is -2.29. The number of carboxylic acids is 1. The molecule has 1 amide bonds. The zero-order chi connectivity index (χ0) is 15.4. The summed E-state index contributed by atoms with van der Waals surface area (Å²) in [6.45, 7) is 3.15. The van der Waals surface area contributed by atoms with Crippen molar-refractivity contribution in [2.45, 2.75) is 39.2 Å². The lowest BCUT2D eigenvalue weighted by atomic mass is 9.98. The minimum atomic E-state index is -1.28. The monoisotopic (exact) mass is 293 g/mol. The van der Waals surface area contributed by atoms with Crippen molar-refractivity contribution in [3.8, 4) is 0 Å². The molecule has 5 heteroatoms. The van der Waals surface area contributed by atoms with Crippen molar-refractivity contribution in [3.05, 3.63) is 35.1 Å². The summed E-state index contributed by atoms with van der Waals surface area (Å²) in [6.07, 6.45) is 3.49. The highest BCUT2D eigenvalue weighted by molar-refractivity contribution is 5.87. The molecule has 1 N–H and O–H groups in total. The molecule has 0 radical (unpaired) electrons. The van der Waals surface area contributed by atoms with Gasteiger partial charge in [-0.1, -0.05) is 19.4 Å². The molecule has 2 rings (SSSR count). The number of likely N-dealkylation sites (tertiary alicyclic amines) is 1. The van der Waals surface area contributed by atoms with E-state index in [0.717, 1.165) is 19.3 Å². The van der Waals surface area contributed by atoms with E-state index in [4.69, 9.17) is 5.11 Å². The van der Waals surface area contributed by atoms with Gasteiger partial charge in [0.25, 0.3) is 0 Å². The third-order valence-electron chi connectivity index (χ3n) is 4.14. The summed E-state index contributed by atoms with van der Waals surface area (Å²) >= 11 is 0. The fourth-order valence-corrected chi connectivity index (χ4v) is 2.72. The maximum atomic E-state index is 13.7. The Hall–Kier alpha value is -1.91. The van der Waals surface area contributed by atoms with Gasteiger partial charge in [0, 0.05) is 19.5 Å². The van der Waals surface area contributed by atoms with Crippen molar-refractivity contribution in [2.75, 3.05) is 6.54 Å². The normalized spacial score (nSPS) is 19.4. The molecule has 1 unspecified atom stereocenters. The number of amides is 1. The Bertz CT molecular complexity index is 544. The van der Waals surface area contributed by atoms with E-state index < -0.39 is 11.8 Å². The van der Waals surface area contributed by atoms with Crippen LogP contribution < -0.4 is 0 Å². The van der Waals surface area contributed by atoms with Gasteiger partial charge in [0.15, 0.2) is 0 Å². The van der Waals surface area contributed by atoms with Crippen molar-refractivity contribution in [1.29, 1.82) is 0 Å². The van der Waals surface area contributed by atoms with Crippen molar-refractivity contribution < 1.29 is 19.1 Å². The summed E-state index contributed by atoms with van der Waals surface area (Å²) in [7, 11) is 0. The van der Waals surface area contributed by atoms with Gasteiger partial charge in [-0.25, -0.2) is 9.18 Å². The number of carbonyl (C=O) groups is 2. The third-order valence-corrected chi connectivity index (χ3v) is 4.14. The predicted molar refractivity (Wildman–Crippen MR) is 76.4 cm³/mol. The van der Waals surface area contributed by atoms with Crippen LogP contribution in [-0.4, -0.2) is 28.4 Å². The van der Waals surface area contributed by atoms with Gasteiger partial charge >= 0.3 is 5.97 Å². The number of hydrogen-bond acceptors (Lipinski definition) is 2. The van der Waals surface area contributed by atoms with E-state index in [1.807, 2.05) is 0 Å². The van der Waals surface area contributed by atoms with Crippen LogP contribution in [0.25, 0.3) is 0 Å². The van der Waals surface area contributed by atoms with E-state index >= 15 is 0 Å². The number of nitrogens with zero attached hydrogens (tertiary/aromatic N) is 1. The van der Waals surface area contributed by atoms with Crippen LogP contribution in [0.5, 0.6) is 0 Å². The average molecular weight is 293 g/mol. The van der Waals surface area contributed by atoms with Crippen LogP contribution in [-0.2, 0) is 11.3 Å². The van der Waals surface area contributed by atoms with Crippen LogP contribution in [0.2, 0.25) is 0 Å². The Morgan fingerprint density at radius 1 is 1.43 bits per heavy atom. The molecule has 4 nitrogen and oxygen atoms in total. The Kier molecular flexibility index (Phi) is 4.94. The van der Waals surface area contributed by atoms with Gasteiger partial charge in [0.1, 0.15) is 5.82 Å². The van der Waals surface area contributed by atoms with E-state index in [0.29, 0.717) is 31.0 Å². The molecule has 0 aliphatic carbocycles. The summed E-state index contributed by atoms with van der Waals surface area (Å²) in [6, 6.07) is 4.03. The standard InChI is InChI=1S/C16H20FNO3/c1-2-11-4-6-15(19)18(8-7-11)10-12-3-5-13(16(20)21)14(17)9-12/h3,5,9,11H,2,4,6-8,10H2,1H3,(H,20,21). The molecule has 21 heavy (non-hydrogen) atoms. The smallest absolute Gasteiger partial charge is 0.338 e. The Morgan fingerprint density at radius 2 is 2.19 bits per heavy atom. The van der Waals surface area contributed by atoms with Gasteiger partial charge < -0.3 is 10.0 Å². The molecule has 114 valence electrons. The summed E-state index contributed by atoms with van der Waals surface area (Å²) in [5, 5.41) is 8.81. The van der Waals surface area contributed by atoms with Gasteiger partial charge in [0.2, 0.25) is 5.91 Å². The van der Waals surface area contributed by atoms with Crippen molar-refractivity contribution >= 4 is 11.9 Å². The summed E-state index contributed by atoms with van der Waals surface area (Å²) in [5.41, 5.74) is 0.285. The molecule has 1 aromatic rings. The van der Waals surface area contributed by atoms with Crippen LogP contribution in [0, 0.1) is 11.7 Å². The SMILES string of the molecule is CCC1CCC(=O)N(Cc2ccc(C(=O)O)c(F)c2)CC1. The number of carboxylic acid groups (broad SMARTS) is 1. The van der Waals surface area contributed by atoms with E-state index in [1.54, 1.807) is 11.0 Å². The predicted octanol–water partition coefficient (Wildman–Crippen LogP) is 3.06. The second kappa shape index (κ2) is 6.70. The molecule has 1 aliphatic rings. The van der Waals surface area contributed by atoms with E-state index in [2.05, 4.69) is 6.92 Å². The summed E-state index contributed by atoms with van der Waals surface area (Å²) in [4.78, 5) is 24.6. The number of carbonyl (C=O) groups excluding carboxylic acids is 1. The third kappa shape index (κ3) is 3.80. The molecule has 1 aliphatic heterocycles. The lowest BCUT2D eigenvalue weighted by molar-refractivity contribution is -0.131. The fraction of sp³-hybridized carbons (Fsp3) is 0.500.